The first-order valence-electron chi connectivity index (χ1n) is 7.73. The van der Waals surface area contributed by atoms with E-state index in [1.54, 1.807) is 0 Å². The van der Waals surface area contributed by atoms with Crippen LogP contribution >= 0.6 is 0 Å². The summed E-state index contributed by atoms with van der Waals surface area (Å²) in [6, 6.07) is 14.7. The number of fused-ring (bicyclic) bond motifs is 1. The average Bonchev–Trinajstić information content (AvgIpc) is 2.87. The van der Waals surface area contributed by atoms with Crippen molar-refractivity contribution in [3.05, 3.63) is 59.4 Å². The number of rotatable bonds is 4. The largest absolute Gasteiger partial charge is 0.485 e. The second kappa shape index (κ2) is 5.84. The van der Waals surface area contributed by atoms with Crippen molar-refractivity contribution in [2.45, 2.75) is 40.3 Å². The third-order valence-corrected chi connectivity index (χ3v) is 4.10. The third-order valence-electron chi connectivity index (χ3n) is 4.10. The number of para-hydroxylation sites is 2. The van der Waals surface area contributed by atoms with Crippen molar-refractivity contribution in [2.75, 3.05) is 0 Å². The molecule has 0 aliphatic rings. The van der Waals surface area contributed by atoms with E-state index in [0.717, 1.165) is 22.6 Å². The van der Waals surface area contributed by atoms with Gasteiger partial charge in [-0.1, -0.05) is 24.3 Å². The molecule has 0 fully saturated rings. The lowest BCUT2D eigenvalue weighted by atomic mass is 10.1. The van der Waals surface area contributed by atoms with Gasteiger partial charge in [0.05, 0.1) is 11.0 Å². The number of nitrogens with zero attached hydrogens (tertiary/aromatic N) is 2. The summed E-state index contributed by atoms with van der Waals surface area (Å²) in [6.45, 7) is 9.03. The molecule has 0 aliphatic carbocycles. The van der Waals surface area contributed by atoms with Gasteiger partial charge in [-0.15, -0.1) is 0 Å². The van der Waals surface area contributed by atoms with Crippen LogP contribution in [0.4, 0.5) is 0 Å². The highest BCUT2D eigenvalue weighted by Gasteiger charge is 2.13. The summed E-state index contributed by atoms with van der Waals surface area (Å²) in [5.41, 5.74) is 4.62. The van der Waals surface area contributed by atoms with Gasteiger partial charge in [0.2, 0.25) is 0 Å². The first kappa shape index (κ1) is 14.6. The van der Waals surface area contributed by atoms with E-state index < -0.39 is 0 Å². The number of aromatic nitrogens is 2. The lowest BCUT2D eigenvalue weighted by Gasteiger charge is -2.15. The van der Waals surface area contributed by atoms with E-state index in [1.165, 1.54) is 11.1 Å². The fraction of sp³-hybridized carbons (Fsp3) is 0.316. The number of ether oxygens (including phenoxy) is 1. The topological polar surface area (TPSA) is 27.1 Å². The predicted molar refractivity (Wildman–Crippen MR) is 90.4 cm³/mol. The van der Waals surface area contributed by atoms with E-state index in [9.17, 15) is 0 Å². The molecular formula is C19H22N2O. The molecule has 0 amide bonds. The summed E-state index contributed by atoms with van der Waals surface area (Å²) in [7, 11) is 0. The molecule has 22 heavy (non-hydrogen) atoms. The molecule has 0 unspecified atom stereocenters. The van der Waals surface area contributed by atoms with Crippen molar-refractivity contribution in [2.24, 2.45) is 0 Å². The van der Waals surface area contributed by atoms with Crippen LogP contribution in [-0.4, -0.2) is 9.55 Å². The summed E-state index contributed by atoms with van der Waals surface area (Å²) in [5.74, 6) is 1.90. The predicted octanol–water partition coefficient (Wildman–Crippen LogP) is 4.81. The second-order valence-electron chi connectivity index (χ2n) is 5.97. The molecule has 3 rings (SSSR count). The summed E-state index contributed by atoms with van der Waals surface area (Å²) >= 11 is 0. The minimum absolute atomic E-state index is 0.351. The monoisotopic (exact) mass is 294 g/mol. The molecule has 3 heteroatoms. The summed E-state index contributed by atoms with van der Waals surface area (Å²) in [6.07, 6.45) is 0. The van der Waals surface area contributed by atoms with Crippen LogP contribution in [0.3, 0.4) is 0 Å². The Labute approximate surface area is 131 Å². The van der Waals surface area contributed by atoms with Gasteiger partial charge in [0, 0.05) is 6.04 Å². The second-order valence-corrected chi connectivity index (χ2v) is 5.97. The van der Waals surface area contributed by atoms with Gasteiger partial charge in [-0.25, -0.2) is 4.98 Å². The maximum absolute atomic E-state index is 6.04. The van der Waals surface area contributed by atoms with Crippen LogP contribution in [0, 0.1) is 13.8 Å². The lowest BCUT2D eigenvalue weighted by Crippen LogP contribution is -2.09. The summed E-state index contributed by atoms with van der Waals surface area (Å²) in [5, 5.41) is 0. The molecule has 0 saturated carbocycles. The molecule has 3 nitrogen and oxygen atoms in total. The van der Waals surface area contributed by atoms with Crippen LogP contribution < -0.4 is 4.74 Å². The molecule has 0 radical (unpaired) electrons. The zero-order valence-electron chi connectivity index (χ0n) is 13.6. The van der Waals surface area contributed by atoms with Gasteiger partial charge < -0.3 is 9.30 Å². The maximum atomic E-state index is 6.04. The average molecular weight is 294 g/mol. The van der Waals surface area contributed by atoms with E-state index in [0.29, 0.717) is 12.6 Å². The van der Waals surface area contributed by atoms with Crippen LogP contribution in [0.5, 0.6) is 5.75 Å². The van der Waals surface area contributed by atoms with Gasteiger partial charge in [0.15, 0.2) is 0 Å². The Kier molecular flexibility index (Phi) is 3.88. The first-order valence-corrected chi connectivity index (χ1v) is 7.73. The molecule has 0 aliphatic heterocycles. The van der Waals surface area contributed by atoms with Crippen molar-refractivity contribution in [3.63, 3.8) is 0 Å². The molecule has 0 saturated heterocycles. The van der Waals surface area contributed by atoms with Gasteiger partial charge in [-0.05, 0) is 57.0 Å². The fourth-order valence-electron chi connectivity index (χ4n) is 2.80. The van der Waals surface area contributed by atoms with Gasteiger partial charge in [0.1, 0.15) is 18.2 Å². The van der Waals surface area contributed by atoms with Crippen molar-refractivity contribution in [1.29, 1.82) is 0 Å². The van der Waals surface area contributed by atoms with Crippen LogP contribution in [0.2, 0.25) is 0 Å². The van der Waals surface area contributed by atoms with Crippen LogP contribution in [0.25, 0.3) is 11.0 Å². The Morgan fingerprint density at radius 1 is 1.05 bits per heavy atom. The Bertz CT molecular complexity index is 802. The number of hydrogen-bond acceptors (Lipinski definition) is 2. The number of hydrogen-bond donors (Lipinski definition) is 0. The van der Waals surface area contributed by atoms with Crippen molar-refractivity contribution in [1.82, 2.24) is 9.55 Å². The molecule has 3 aromatic rings. The molecule has 1 heterocycles. The zero-order chi connectivity index (χ0) is 15.7. The molecule has 0 atom stereocenters. The van der Waals surface area contributed by atoms with Gasteiger partial charge in [-0.3, -0.25) is 0 Å². The minimum Gasteiger partial charge on any atom is -0.485 e. The Balaban J connectivity index is 1.94. The van der Waals surface area contributed by atoms with Gasteiger partial charge in [0.25, 0.3) is 0 Å². The van der Waals surface area contributed by atoms with Crippen molar-refractivity contribution in [3.8, 4) is 5.75 Å². The number of benzene rings is 2. The van der Waals surface area contributed by atoms with Crippen LogP contribution in [0.1, 0.15) is 36.8 Å². The standard InChI is InChI=1S/C19H22N2O/c1-13(2)21-17-10-6-5-9-16(17)20-19(21)12-22-18-11-7-8-14(3)15(18)4/h5-11,13H,12H2,1-4H3. The Morgan fingerprint density at radius 3 is 2.59 bits per heavy atom. The van der Waals surface area contributed by atoms with Crippen molar-refractivity contribution >= 4 is 11.0 Å². The van der Waals surface area contributed by atoms with E-state index in [2.05, 4.69) is 56.5 Å². The molecule has 0 spiro atoms. The highest BCUT2D eigenvalue weighted by atomic mass is 16.5. The summed E-state index contributed by atoms with van der Waals surface area (Å²) < 4.78 is 8.29. The summed E-state index contributed by atoms with van der Waals surface area (Å²) in [4.78, 5) is 4.74. The van der Waals surface area contributed by atoms with Gasteiger partial charge >= 0.3 is 0 Å². The molecular weight excluding hydrogens is 272 g/mol. The smallest absolute Gasteiger partial charge is 0.148 e. The van der Waals surface area contributed by atoms with Crippen molar-refractivity contribution < 1.29 is 4.74 Å². The lowest BCUT2D eigenvalue weighted by molar-refractivity contribution is 0.285. The highest BCUT2D eigenvalue weighted by molar-refractivity contribution is 5.76. The molecule has 2 aromatic carbocycles. The fourth-order valence-corrected chi connectivity index (χ4v) is 2.80. The SMILES string of the molecule is Cc1cccc(OCc2nc3ccccc3n2C(C)C)c1C. The normalized spacial score (nSPS) is 11.3. The van der Waals surface area contributed by atoms with E-state index in [4.69, 9.17) is 9.72 Å². The molecule has 0 bridgehead atoms. The Hall–Kier alpha value is -2.29. The third kappa shape index (κ3) is 2.59. The molecule has 114 valence electrons. The number of imidazole rings is 1. The maximum Gasteiger partial charge on any atom is 0.148 e. The van der Waals surface area contributed by atoms with Crippen LogP contribution in [0.15, 0.2) is 42.5 Å². The Morgan fingerprint density at radius 2 is 1.82 bits per heavy atom. The quantitative estimate of drug-likeness (QED) is 0.690. The van der Waals surface area contributed by atoms with Crippen LogP contribution in [-0.2, 0) is 6.61 Å². The minimum atomic E-state index is 0.351. The highest BCUT2D eigenvalue weighted by Crippen LogP contribution is 2.24. The number of aryl methyl sites for hydroxylation is 1. The van der Waals surface area contributed by atoms with E-state index in [1.807, 2.05) is 18.2 Å². The first-order chi connectivity index (χ1) is 10.6. The van der Waals surface area contributed by atoms with E-state index >= 15 is 0 Å². The van der Waals surface area contributed by atoms with Gasteiger partial charge in [-0.2, -0.15) is 0 Å². The molecule has 0 N–H and O–H groups in total. The molecule has 1 aromatic heterocycles. The van der Waals surface area contributed by atoms with E-state index in [-0.39, 0.29) is 0 Å². The zero-order valence-corrected chi connectivity index (χ0v) is 13.6.